The van der Waals surface area contributed by atoms with Crippen LogP contribution < -0.4 is 0 Å². The Kier molecular flexibility index (Phi) is 3.62. The van der Waals surface area contributed by atoms with Crippen LogP contribution in [0.1, 0.15) is 12.0 Å². The fraction of sp³-hybridized carbons (Fsp3) is 0.294. The van der Waals surface area contributed by atoms with Crippen LogP contribution in [-0.4, -0.2) is 29.2 Å². The summed E-state index contributed by atoms with van der Waals surface area (Å²) in [6, 6.07) is 19.1. The van der Waals surface area contributed by atoms with Crippen LogP contribution in [0.2, 0.25) is 0 Å². The first kappa shape index (κ1) is 12.4. The summed E-state index contributed by atoms with van der Waals surface area (Å²) in [4.78, 5) is 2.31. The Bertz CT molecular complexity index is 538. The third-order valence-electron chi connectivity index (χ3n) is 3.69. The van der Waals surface area contributed by atoms with Crippen LogP contribution in [0.4, 0.5) is 0 Å². The Labute approximate surface area is 114 Å². The Morgan fingerprint density at radius 3 is 2.53 bits per heavy atom. The molecule has 1 fully saturated rings. The molecular weight excluding hydrogens is 234 g/mol. The van der Waals surface area contributed by atoms with E-state index >= 15 is 0 Å². The Morgan fingerprint density at radius 1 is 1.00 bits per heavy atom. The molecule has 1 aliphatic rings. The fourth-order valence-corrected chi connectivity index (χ4v) is 2.69. The number of nitrogens with zero attached hydrogens (tertiary/aromatic N) is 1. The van der Waals surface area contributed by atoms with E-state index in [-0.39, 0.29) is 6.10 Å². The predicted molar refractivity (Wildman–Crippen MR) is 77.8 cm³/mol. The van der Waals surface area contributed by atoms with Gasteiger partial charge in [-0.15, -0.1) is 0 Å². The van der Waals surface area contributed by atoms with E-state index in [2.05, 4.69) is 53.4 Å². The van der Waals surface area contributed by atoms with Crippen molar-refractivity contribution in [1.82, 2.24) is 4.90 Å². The minimum Gasteiger partial charge on any atom is -0.392 e. The molecule has 19 heavy (non-hydrogen) atoms. The van der Waals surface area contributed by atoms with Crippen molar-refractivity contribution in [2.24, 2.45) is 0 Å². The average molecular weight is 253 g/mol. The summed E-state index contributed by atoms with van der Waals surface area (Å²) < 4.78 is 0. The van der Waals surface area contributed by atoms with E-state index in [1.165, 1.54) is 16.7 Å². The smallest absolute Gasteiger partial charge is 0.0679 e. The topological polar surface area (TPSA) is 23.5 Å². The van der Waals surface area contributed by atoms with Gasteiger partial charge in [-0.05, 0) is 29.2 Å². The summed E-state index contributed by atoms with van der Waals surface area (Å²) >= 11 is 0. The van der Waals surface area contributed by atoms with Crippen molar-refractivity contribution in [3.05, 3.63) is 60.2 Å². The maximum atomic E-state index is 9.57. The zero-order chi connectivity index (χ0) is 13.1. The van der Waals surface area contributed by atoms with Crippen molar-refractivity contribution in [1.29, 1.82) is 0 Å². The number of aliphatic hydroxyl groups is 1. The number of β-amino-alcohol motifs (C(OH)–C–C–N with tert-alkyl or cyclic N) is 1. The van der Waals surface area contributed by atoms with Gasteiger partial charge in [0.1, 0.15) is 0 Å². The van der Waals surface area contributed by atoms with E-state index in [9.17, 15) is 5.11 Å². The van der Waals surface area contributed by atoms with Crippen LogP contribution in [0.3, 0.4) is 0 Å². The minimum absolute atomic E-state index is 0.141. The van der Waals surface area contributed by atoms with E-state index in [4.69, 9.17) is 0 Å². The molecule has 3 rings (SSSR count). The maximum Gasteiger partial charge on any atom is 0.0679 e. The number of aliphatic hydroxyl groups excluding tert-OH is 1. The van der Waals surface area contributed by atoms with Crippen LogP contribution in [0.15, 0.2) is 54.6 Å². The molecule has 1 heterocycles. The molecule has 1 saturated heterocycles. The van der Waals surface area contributed by atoms with E-state index in [0.717, 1.165) is 26.1 Å². The highest BCUT2D eigenvalue weighted by Gasteiger charge is 2.19. The molecule has 2 aromatic rings. The van der Waals surface area contributed by atoms with Crippen molar-refractivity contribution in [2.75, 3.05) is 13.1 Å². The molecule has 2 heteroatoms. The van der Waals surface area contributed by atoms with Crippen LogP contribution in [-0.2, 0) is 6.54 Å². The van der Waals surface area contributed by atoms with Gasteiger partial charge >= 0.3 is 0 Å². The lowest BCUT2D eigenvalue weighted by Gasteiger charge is -2.15. The molecular formula is C17H19NO. The number of hydrogen-bond donors (Lipinski definition) is 1. The van der Waals surface area contributed by atoms with Gasteiger partial charge in [-0.3, -0.25) is 4.90 Å². The highest BCUT2D eigenvalue weighted by atomic mass is 16.3. The van der Waals surface area contributed by atoms with Gasteiger partial charge in [0.25, 0.3) is 0 Å². The van der Waals surface area contributed by atoms with Gasteiger partial charge in [0.2, 0.25) is 0 Å². The van der Waals surface area contributed by atoms with E-state index in [1.54, 1.807) is 0 Å². The lowest BCUT2D eigenvalue weighted by atomic mass is 10.0. The summed E-state index contributed by atoms with van der Waals surface area (Å²) in [7, 11) is 0. The maximum absolute atomic E-state index is 9.57. The predicted octanol–water partition coefficient (Wildman–Crippen LogP) is 2.92. The van der Waals surface area contributed by atoms with Gasteiger partial charge < -0.3 is 5.11 Å². The van der Waals surface area contributed by atoms with Crippen LogP contribution in [0, 0.1) is 0 Å². The quantitative estimate of drug-likeness (QED) is 0.909. The van der Waals surface area contributed by atoms with E-state index < -0.39 is 0 Å². The second-order valence-corrected chi connectivity index (χ2v) is 5.24. The monoisotopic (exact) mass is 253 g/mol. The van der Waals surface area contributed by atoms with Crippen LogP contribution in [0.5, 0.6) is 0 Å². The zero-order valence-corrected chi connectivity index (χ0v) is 11.0. The largest absolute Gasteiger partial charge is 0.392 e. The lowest BCUT2D eigenvalue weighted by Crippen LogP contribution is -2.21. The normalized spacial score (nSPS) is 19.7. The fourth-order valence-electron chi connectivity index (χ4n) is 2.69. The van der Waals surface area contributed by atoms with Crippen molar-refractivity contribution in [3.8, 4) is 11.1 Å². The minimum atomic E-state index is -0.141. The number of rotatable bonds is 3. The Morgan fingerprint density at radius 2 is 1.79 bits per heavy atom. The Hall–Kier alpha value is -1.64. The highest BCUT2D eigenvalue weighted by molar-refractivity contribution is 5.63. The zero-order valence-electron chi connectivity index (χ0n) is 11.0. The van der Waals surface area contributed by atoms with Crippen molar-refractivity contribution >= 4 is 0 Å². The van der Waals surface area contributed by atoms with Crippen LogP contribution >= 0.6 is 0 Å². The van der Waals surface area contributed by atoms with Crippen LogP contribution in [0.25, 0.3) is 11.1 Å². The standard InChI is InChI=1S/C17H19NO/c19-17-9-10-18(13-17)12-14-5-4-8-16(11-14)15-6-2-1-3-7-15/h1-8,11,17,19H,9-10,12-13H2/t17-/m0/s1. The molecule has 98 valence electrons. The summed E-state index contributed by atoms with van der Waals surface area (Å²) in [5.74, 6) is 0. The van der Waals surface area contributed by atoms with E-state index in [1.807, 2.05) is 6.07 Å². The molecule has 1 aliphatic heterocycles. The second-order valence-electron chi connectivity index (χ2n) is 5.24. The molecule has 1 N–H and O–H groups in total. The van der Waals surface area contributed by atoms with Gasteiger partial charge in [0.05, 0.1) is 6.10 Å². The van der Waals surface area contributed by atoms with E-state index in [0.29, 0.717) is 0 Å². The Balaban J connectivity index is 1.77. The molecule has 0 unspecified atom stereocenters. The highest BCUT2D eigenvalue weighted by Crippen LogP contribution is 2.21. The second kappa shape index (κ2) is 5.55. The average Bonchev–Trinajstić information content (AvgIpc) is 2.85. The summed E-state index contributed by atoms with van der Waals surface area (Å²) in [5.41, 5.74) is 3.83. The van der Waals surface area contributed by atoms with Crippen molar-refractivity contribution in [2.45, 2.75) is 19.1 Å². The number of likely N-dealkylation sites (tertiary alicyclic amines) is 1. The van der Waals surface area contributed by atoms with Gasteiger partial charge in [-0.2, -0.15) is 0 Å². The third-order valence-corrected chi connectivity index (χ3v) is 3.69. The third kappa shape index (κ3) is 3.03. The molecule has 0 radical (unpaired) electrons. The molecule has 2 aromatic carbocycles. The molecule has 0 saturated carbocycles. The van der Waals surface area contributed by atoms with Crippen molar-refractivity contribution < 1.29 is 5.11 Å². The SMILES string of the molecule is O[C@H]1CCN(Cc2cccc(-c3ccccc3)c2)C1. The van der Waals surface area contributed by atoms with Gasteiger partial charge in [0.15, 0.2) is 0 Å². The molecule has 0 spiro atoms. The molecule has 2 nitrogen and oxygen atoms in total. The summed E-state index contributed by atoms with van der Waals surface area (Å²) in [6.07, 6.45) is 0.760. The lowest BCUT2D eigenvalue weighted by molar-refractivity contribution is 0.175. The molecule has 0 aromatic heterocycles. The summed E-state index contributed by atoms with van der Waals surface area (Å²) in [6.45, 7) is 2.73. The van der Waals surface area contributed by atoms with Crippen molar-refractivity contribution in [3.63, 3.8) is 0 Å². The number of hydrogen-bond acceptors (Lipinski definition) is 2. The molecule has 1 atom stereocenters. The molecule has 0 amide bonds. The first-order chi connectivity index (χ1) is 9.31. The number of benzene rings is 2. The molecule has 0 aliphatic carbocycles. The van der Waals surface area contributed by atoms with Gasteiger partial charge in [0, 0.05) is 19.6 Å². The van der Waals surface area contributed by atoms with Gasteiger partial charge in [-0.1, -0.05) is 48.5 Å². The molecule has 0 bridgehead atoms. The summed E-state index contributed by atoms with van der Waals surface area (Å²) in [5, 5.41) is 9.57. The first-order valence-corrected chi connectivity index (χ1v) is 6.86. The first-order valence-electron chi connectivity index (χ1n) is 6.86. The van der Waals surface area contributed by atoms with Gasteiger partial charge in [-0.25, -0.2) is 0 Å².